The summed E-state index contributed by atoms with van der Waals surface area (Å²) in [5.74, 6) is -0.105. The maximum Gasteiger partial charge on any atom is 0.233 e. The van der Waals surface area contributed by atoms with Gasteiger partial charge in [-0.1, -0.05) is 12.1 Å². The number of carbonyl (C=O) groups excluding carboxylic acids is 1. The molecule has 1 aliphatic heterocycles. The Labute approximate surface area is 144 Å². The van der Waals surface area contributed by atoms with E-state index in [9.17, 15) is 9.18 Å². The summed E-state index contributed by atoms with van der Waals surface area (Å²) >= 11 is 1.63. The molecule has 2 aromatic rings. The summed E-state index contributed by atoms with van der Waals surface area (Å²) in [5, 5.41) is 3.00. The molecule has 2 fully saturated rings. The van der Waals surface area contributed by atoms with E-state index >= 15 is 0 Å². The second-order valence-corrected chi connectivity index (χ2v) is 7.41. The topological polar surface area (TPSA) is 36.4 Å². The van der Waals surface area contributed by atoms with Crippen molar-refractivity contribution >= 4 is 22.4 Å². The van der Waals surface area contributed by atoms with Gasteiger partial charge >= 0.3 is 0 Å². The SMILES string of the molecule is O=C(N1CCCN(c2nccs2)CC1)C1(c2cccc(F)c2)CC1. The smallest absolute Gasteiger partial charge is 0.233 e. The number of nitrogens with zero attached hydrogens (tertiary/aromatic N) is 3. The number of halogens is 1. The summed E-state index contributed by atoms with van der Waals surface area (Å²) in [7, 11) is 0. The Hall–Kier alpha value is -1.95. The van der Waals surface area contributed by atoms with E-state index in [1.165, 1.54) is 12.1 Å². The van der Waals surface area contributed by atoms with E-state index < -0.39 is 5.41 Å². The Morgan fingerprint density at radius 2 is 2.08 bits per heavy atom. The van der Waals surface area contributed by atoms with Crippen LogP contribution in [-0.4, -0.2) is 42.0 Å². The molecule has 1 aromatic heterocycles. The van der Waals surface area contributed by atoms with Gasteiger partial charge in [0.2, 0.25) is 5.91 Å². The van der Waals surface area contributed by atoms with Gasteiger partial charge in [0.15, 0.2) is 5.13 Å². The first-order valence-electron chi connectivity index (χ1n) is 8.39. The lowest BCUT2D eigenvalue weighted by Crippen LogP contribution is -2.41. The van der Waals surface area contributed by atoms with Gasteiger partial charge in [-0.15, -0.1) is 11.3 Å². The normalized spacial score (nSPS) is 19.9. The van der Waals surface area contributed by atoms with Crippen molar-refractivity contribution in [3.63, 3.8) is 0 Å². The quantitative estimate of drug-likeness (QED) is 0.858. The molecule has 4 rings (SSSR count). The van der Waals surface area contributed by atoms with Crippen LogP contribution in [0.1, 0.15) is 24.8 Å². The third kappa shape index (κ3) is 2.79. The highest BCUT2D eigenvalue weighted by Crippen LogP contribution is 2.49. The highest BCUT2D eigenvalue weighted by atomic mass is 32.1. The highest BCUT2D eigenvalue weighted by Gasteiger charge is 2.53. The molecule has 126 valence electrons. The molecule has 0 spiro atoms. The predicted octanol–water partition coefficient (Wildman–Crippen LogP) is 3.05. The van der Waals surface area contributed by atoms with Gasteiger partial charge in [-0.3, -0.25) is 4.79 Å². The van der Waals surface area contributed by atoms with Crippen LogP contribution in [0.5, 0.6) is 0 Å². The minimum atomic E-state index is -0.488. The predicted molar refractivity (Wildman–Crippen MR) is 92.8 cm³/mol. The van der Waals surface area contributed by atoms with Gasteiger partial charge in [-0.05, 0) is 37.0 Å². The first-order chi connectivity index (χ1) is 11.7. The molecule has 1 saturated heterocycles. The molecule has 0 unspecified atom stereocenters. The minimum Gasteiger partial charge on any atom is -0.346 e. The maximum atomic E-state index is 13.6. The molecule has 4 nitrogen and oxygen atoms in total. The fourth-order valence-corrected chi connectivity index (χ4v) is 4.22. The van der Waals surface area contributed by atoms with Crippen molar-refractivity contribution in [2.75, 3.05) is 31.1 Å². The lowest BCUT2D eigenvalue weighted by Gasteiger charge is -2.26. The Morgan fingerprint density at radius 3 is 2.79 bits per heavy atom. The molecular weight excluding hydrogens is 325 g/mol. The Balaban J connectivity index is 1.49. The van der Waals surface area contributed by atoms with Gasteiger partial charge in [0.1, 0.15) is 5.82 Å². The zero-order valence-corrected chi connectivity index (χ0v) is 14.3. The Morgan fingerprint density at radius 1 is 1.21 bits per heavy atom. The Bertz CT molecular complexity index is 730. The fourth-order valence-electron chi connectivity index (χ4n) is 3.52. The van der Waals surface area contributed by atoms with Crippen molar-refractivity contribution in [2.24, 2.45) is 0 Å². The largest absolute Gasteiger partial charge is 0.346 e. The van der Waals surface area contributed by atoms with Crippen molar-refractivity contribution in [2.45, 2.75) is 24.7 Å². The molecule has 2 aliphatic rings. The zero-order chi connectivity index (χ0) is 16.6. The maximum absolute atomic E-state index is 13.6. The number of thiazole rings is 1. The van der Waals surface area contributed by atoms with E-state index in [1.54, 1.807) is 17.4 Å². The van der Waals surface area contributed by atoms with Crippen LogP contribution in [0.4, 0.5) is 9.52 Å². The molecule has 0 bridgehead atoms. The van der Waals surface area contributed by atoms with Gasteiger partial charge in [0.05, 0.1) is 5.41 Å². The molecule has 6 heteroatoms. The number of aromatic nitrogens is 1. The molecule has 1 saturated carbocycles. The number of hydrogen-bond donors (Lipinski definition) is 0. The van der Waals surface area contributed by atoms with Gasteiger partial charge in [0, 0.05) is 37.8 Å². The summed E-state index contributed by atoms with van der Waals surface area (Å²) < 4.78 is 13.6. The molecule has 2 heterocycles. The monoisotopic (exact) mass is 345 g/mol. The van der Waals surface area contributed by atoms with Crippen molar-refractivity contribution in [3.8, 4) is 0 Å². The van der Waals surface area contributed by atoms with Gasteiger partial charge < -0.3 is 9.80 Å². The average Bonchev–Trinajstić information content (AvgIpc) is 3.30. The zero-order valence-electron chi connectivity index (χ0n) is 13.4. The Kier molecular flexibility index (Phi) is 4.00. The number of benzene rings is 1. The third-order valence-electron chi connectivity index (χ3n) is 5.01. The highest BCUT2D eigenvalue weighted by molar-refractivity contribution is 7.13. The molecule has 1 aromatic carbocycles. The van der Waals surface area contributed by atoms with Crippen LogP contribution in [0.15, 0.2) is 35.8 Å². The van der Waals surface area contributed by atoms with Crippen molar-refractivity contribution in [1.29, 1.82) is 0 Å². The van der Waals surface area contributed by atoms with E-state index in [4.69, 9.17) is 0 Å². The molecule has 24 heavy (non-hydrogen) atoms. The van der Waals surface area contributed by atoms with Crippen molar-refractivity contribution in [3.05, 3.63) is 47.2 Å². The first kappa shape index (κ1) is 15.6. The number of rotatable bonds is 3. The van der Waals surface area contributed by atoms with Crippen LogP contribution in [0.3, 0.4) is 0 Å². The van der Waals surface area contributed by atoms with Crippen LogP contribution in [-0.2, 0) is 10.2 Å². The van der Waals surface area contributed by atoms with E-state index in [1.807, 2.05) is 22.5 Å². The van der Waals surface area contributed by atoms with Crippen LogP contribution < -0.4 is 4.90 Å². The second-order valence-electron chi connectivity index (χ2n) is 6.54. The van der Waals surface area contributed by atoms with E-state index in [-0.39, 0.29) is 11.7 Å². The minimum absolute atomic E-state index is 0.161. The fraction of sp³-hybridized carbons (Fsp3) is 0.444. The van der Waals surface area contributed by atoms with Gasteiger partial charge in [-0.2, -0.15) is 0 Å². The lowest BCUT2D eigenvalue weighted by molar-refractivity contribution is -0.133. The average molecular weight is 345 g/mol. The summed E-state index contributed by atoms with van der Waals surface area (Å²) in [5.41, 5.74) is 0.340. The number of amides is 1. The summed E-state index contributed by atoms with van der Waals surface area (Å²) in [6.45, 7) is 3.19. The summed E-state index contributed by atoms with van der Waals surface area (Å²) in [6, 6.07) is 6.53. The van der Waals surface area contributed by atoms with E-state index in [2.05, 4.69) is 9.88 Å². The summed E-state index contributed by atoms with van der Waals surface area (Å²) in [6.07, 6.45) is 4.39. The van der Waals surface area contributed by atoms with E-state index in [0.717, 1.165) is 49.6 Å². The second kappa shape index (κ2) is 6.16. The first-order valence-corrected chi connectivity index (χ1v) is 9.27. The van der Waals surface area contributed by atoms with Crippen LogP contribution in [0, 0.1) is 5.82 Å². The number of carbonyl (C=O) groups is 1. The molecule has 0 N–H and O–H groups in total. The third-order valence-corrected chi connectivity index (χ3v) is 5.84. The van der Waals surface area contributed by atoms with Crippen LogP contribution in [0.25, 0.3) is 0 Å². The van der Waals surface area contributed by atoms with Gasteiger partial charge in [0.25, 0.3) is 0 Å². The van der Waals surface area contributed by atoms with Gasteiger partial charge in [-0.25, -0.2) is 9.37 Å². The molecular formula is C18H20FN3OS. The number of hydrogen-bond acceptors (Lipinski definition) is 4. The lowest BCUT2D eigenvalue weighted by atomic mass is 9.94. The molecule has 0 atom stereocenters. The van der Waals surface area contributed by atoms with Crippen molar-refractivity contribution in [1.82, 2.24) is 9.88 Å². The summed E-state index contributed by atoms with van der Waals surface area (Å²) in [4.78, 5) is 21.7. The van der Waals surface area contributed by atoms with Crippen LogP contribution >= 0.6 is 11.3 Å². The molecule has 1 aliphatic carbocycles. The standard InChI is InChI=1S/C18H20FN3OS/c19-15-4-1-3-14(13-15)18(5-6-18)16(23)21-8-2-9-22(11-10-21)17-20-7-12-24-17/h1,3-4,7,12-13H,2,5-6,8-11H2. The molecule has 0 radical (unpaired) electrons. The number of anilines is 1. The van der Waals surface area contributed by atoms with Crippen LogP contribution in [0.2, 0.25) is 0 Å². The van der Waals surface area contributed by atoms with E-state index in [0.29, 0.717) is 6.54 Å². The van der Waals surface area contributed by atoms with Crippen molar-refractivity contribution < 1.29 is 9.18 Å². The molecule has 1 amide bonds.